The molecule has 1 aromatic rings. The highest BCUT2D eigenvalue weighted by atomic mass is 15.3. The summed E-state index contributed by atoms with van der Waals surface area (Å²) in [5, 5.41) is 3.22. The summed E-state index contributed by atoms with van der Waals surface area (Å²) in [6, 6.07) is 8.90. The summed E-state index contributed by atoms with van der Waals surface area (Å²) in [7, 11) is 0. The van der Waals surface area contributed by atoms with Gasteiger partial charge >= 0.3 is 0 Å². The second-order valence-corrected chi connectivity index (χ2v) is 6.62. The maximum Gasteiger partial charge on any atom is 0.193 e. The van der Waals surface area contributed by atoms with Gasteiger partial charge in [0.05, 0.1) is 6.54 Å². The maximum absolute atomic E-state index is 6.05. The molecule has 0 aliphatic carbocycles. The zero-order valence-corrected chi connectivity index (χ0v) is 13.6. The molecule has 1 atom stereocenters. The van der Waals surface area contributed by atoms with E-state index >= 15 is 0 Å². The molecule has 1 aromatic carbocycles. The third kappa shape index (κ3) is 3.59. The smallest absolute Gasteiger partial charge is 0.193 e. The molecule has 0 saturated carbocycles. The van der Waals surface area contributed by atoms with Gasteiger partial charge < -0.3 is 11.1 Å². The lowest BCUT2D eigenvalue weighted by Crippen LogP contribution is -2.61. The van der Waals surface area contributed by atoms with E-state index in [1.54, 1.807) is 0 Å². The quantitative estimate of drug-likeness (QED) is 0.654. The van der Waals surface area contributed by atoms with Gasteiger partial charge in [0.1, 0.15) is 0 Å². The van der Waals surface area contributed by atoms with E-state index in [-0.39, 0.29) is 0 Å². The zero-order valence-electron chi connectivity index (χ0n) is 13.6. The number of nitrogens with one attached hydrogen (secondary N) is 1. The molecule has 0 aromatic heterocycles. The van der Waals surface area contributed by atoms with Crippen molar-refractivity contribution >= 4 is 11.6 Å². The standard InChI is InChI=1S/C17H27N5/c1-13(2)14-4-3-5-15(10-14)20-17(18)19-11-16-12-21-6-8-22(16)9-7-21/h3-5,10,13,16H,6-9,11-12H2,1-2H3,(H3,18,19,20). The second kappa shape index (κ2) is 6.67. The van der Waals surface area contributed by atoms with Crippen molar-refractivity contribution in [2.45, 2.75) is 25.8 Å². The van der Waals surface area contributed by atoms with Crippen molar-refractivity contribution in [3.05, 3.63) is 29.8 Å². The van der Waals surface area contributed by atoms with Crippen molar-refractivity contribution in [1.29, 1.82) is 0 Å². The number of hydrogen-bond acceptors (Lipinski definition) is 3. The van der Waals surface area contributed by atoms with Crippen molar-refractivity contribution in [1.82, 2.24) is 9.80 Å². The number of benzene rings is 1. The summed E-state index contributed by atoms with van der Waals surface area (Å²) in [5.41, 5.74) is 8.38. The van der Waals surface area contributed by atoms with Crippen LogP contribution in [0.3, 0.4) is 0 Å². The van der Waals surface area contributed by atoms with E-state index in [1.165, 1.54) is 31.7 Å². The van der Waals surface area contributed by atoms with Crippen LogP contribution in [0.5, 0.6) is 0 Å². The van der Waals surface area contributed by atoms with Crippen LogP contribution in [0.2, 0.25) is 0 Å². The Balaban J connectivity index is 1.57. The third-order valence-electron chi connectivity index (χ3n) is 4.69. The Kier molecular flexibility index (Phi) is 4.64. The summed E-state index contributed by atoms with van der Waals surface area (Å²) in [5.74, 6) is 1.03. The fourth-order valence-electron chi connectivity index (χ4n) is 3.26. The highest BCUT2D eigenvalue weighted by Gasteiger charge is 2.31. The van der Waals surface area contributed by atoms with Crippen LogP contribution in [0, 0.1) is 0 Å². The average Bonchev–Trinajstić information content (AvgIpc) is 2.54. The Bertz CT molecular complexity index is 532. The lowest BCUT2D eigenvalue weighted by Gasteiger charge is -2.47. The molecule has 0 radical (unpaired) electrons. The van der Waals surface area contributed by atoms with Crippen molar-refractivity contribution in [3.63, 3.8) is 0 Å². The van der Waals surface area contributed by atoms with E-state index in [0.717, 1.165) is 18.8 Å². The second-order valence-electron chi connectivity index (χ2n) is 6.62. The fraction of sp³-hybridized carbons (Fsp3) is 0.588. The number of rotatable bonds is 4. The van der Waals surface area contributed by atoms with E-state index in [2.05, 4.69) is 52.2 Å². The predicted molar refractivity (Wildman–Crippen MR) is 92.4 cm³/mol. The first-order valence-corrected chi connectivity index (χ1v) is 8.25. The van der Waals surface area contributed by atoms with Crippen LogP contribution in [0.15, 0.2) is 29.3 Å². The van der Waals surface area contributed by atoms with E-state index in [1.807, 2.05) is 6.07 Å². The van der Waals surface area contributed by atoms with Crippen LogP contribution in [-0.4, -0.2) is 61.1 Å². The minimum Gasteiger partial charge on any atom is -0.370 e. The Morgan fingerprint density at radius 3 is 2.73 bits per heavy atom. The van der Waals surface area contributed by atoms with Crippen LogP contribution in [0.25, 0.3) is 0 Å². The van der Waals surface area contributed by atoms with Crippen LogP contribution < -0.4 is 11.1 Å². The molecule has 5 heteroatoms. The third-order valence-corrected chi connectivity index (χ3v) is 4.69. The number of piperazine rings is 3. The van der Waals surface area contributed by atoms with Crippen LogP contribution in [-0.2, 0) is 0 Å². The number of fused-ring (bicyclic) bond motifs is 3. The monoisotopic (exact) mass is 301 g/mol. The molecule has 120 valence electrons. The normalized spacial score (nSPS) is 28.1. The number of guanidine groups is 1. The van der Waals surface area contributed by atoms with Crippen molar-refractivity contribution in [2.24, 2.45) is 10.7 Å². The van der Waals surface area contributed by atoms with Gasteiger partial charge in [-0.2, -0.15) is 0 Å². The molecule has 3 N–H and O–H groups in total. The molecular weight excluding hydrogens is 274 g/mol. The van der Waals surface area contributed by atoms with E-state index < -0.39 is 0 Å². The number of nitrogens with zero attached hydrogens (tertiary/aromatic N) is 3. The van der Waals surface area contributed by atoms with Gasteiger partial charge in [0.15, 0.2) is 5.96 Å². The van der Waals surface area contributed by atoms with Gasteiger partial charge in [0, 0.05) is 44.5 Å². The topological polar surface area (TPSA) is 56.9 Å². The van der Waals surface area contributed by atoms with Crippen molar-refractivity contribution < 1.29 is 0 Å². The molecule has 4 rings (SSSR count). The Labute approximate surface area is 133 Å². The van der Waals surface area contributed by atoms with E-state index in [0.29, 0.717) is 17.9 Å². The van der Waals surface area contributed by atoms with Gasteiger partial charge in [-0.3, -0.25) is 14.8 Å². The maximum atomic E-state index is 6.05. The molecule has 0 amide bonds. The highest BCUT2D eigenvalue weighted by Crippen LogP contribution is 2.18. The lowest BCUT2D eigenvalue weighted by atomic mass is 10.0. The molecule has 1 unspecified atom stereocenters. The summed E-state index contributed by atoms with van der Waals surface area (Å²) < 4.78 is 0. The zero-order chi connectivity index (χ0) is 15.5. The van der Waals surface area contributed by atoms with Crippen LogP contribution >= 0.6 is 0 Å². The molecule has 2 bridgehead atoms. The molecule has 3 saturated heterocycles. The van der Waals surface area contributed by atoms with Gasteiger partial charge in [0.2, 0.25) is 0 Å². The lowest BCUT2D eigenvalue weighted by molar-refractivity contribution is 0.0174. The van der Waals surface area contributed by atoms with E-state index in [9.17, 15) is 0 Å². The van der Waals surface area contributed by atoms with Gasteiger partial charge in [-0.15, -0.1) is 0 Å². The molecule has 3 aliphatic rings. The average molecular weight is 301 g/mol. The van der Waals surface area contributed by atoms with Gasteiger partial charge in [-0.1, -0.05) is 26.0 Å². The molecule has 3 fully saturated rings. The van der Waals surface area contributed by atoms with E-state index in [4.69, 9.17) is 5.73 Å². The SMILES string of the molecule is CC(C)c1cccc(NC(N)=NCC2CN3CCN2CC3)c1. The number of hydrogen-bond donors (Lipinski definition) is 2. The van der Waals surface area contributed by atoms with Gasteiger partial charge in [-0.25, -0.2) is 0 Å². The number of nitrogens with two attached hydrogens (primary N) is 1. The first kappa shape index (κ1) is 15.3. The molecule has 3 heterocycles. The minimum atomic E-state index is 0.513. The Morgan fingerprint density at radius 2 is 2.09 bits per heavy atom. The first-order valence-electron chi connectivity index (χ1n) is 8.25. The minimum absolute atomic E-state index is 0.513. The Hall–Kier alpha value is -1.59. The highest BCUT2D eigenvalue weighted by molar-refractivity contribution is 5.92. The summed E-state index contributed by atoms with van der Waals surface area (Å²) >= 11 is 0. The van der Waals surface area contributed by atoms with Crippen molar-refractivity contribution in [2.75, 3.05) is 44.6 Å². The van der Waals surface area contributed by atoms with Crippen LogP contribution in [0.1, 0.15) is 25.3 Å². The predicted octanol–water partition coefficient (Wildman–Crippen LogP) is 1.54. The fourth-order valence-corrected chi connectivity index (χ4v) is 3.26. The summed E-state index contributed by atoms with van der Waals surface area (Å²) in [4.78, 5) is 9.61. The summed E-state index contributed by atoms with van der Waals surface area (Å²) in [6.07, 6.45) is 0. The van der Waals surface area contributed by atoms with Crippen LogP contribution in [0.4, 0.5) is 5.69 Å². The molecule has 22 heavy (non-hydrogen) atoms. The first-order chi connectivity index (χ1) is 10.6. The molecular formula is C17H27N5. The molecule has 0 spiro atoms. The largest absolute Gasteiger partial charge is 0.370 e. The van der Waals surface area contributed by atoms with Gasteiger partial charge in [-0.05, 0) is 23.6 Å². The number of aliphatic imine (C=N–C) groups is 1. The molecule has 3 aliphatic heterocycles. The molecule has 5 nitrogen and oxygen atoms in total. The van der Waals surface area contributed by atoms with Crippen molar-refractivity contribution in [3.8, 4) is 0 Å². The Morgan fingerprint density at radius 1 is 1.32 bits per heavy atom. The summed E-state index contributed by atoms with van der Waals surface area (Å²) in [6.45, 7) is 11.0. The number of anilines is 1. The van der Waals surface area contributed by atoms with Gasteiger partial charge in [0.25, 0.3) is 0 Å².